The Labute approximate surface area is 197 Å². The molecule has 0 fully saturated rings. The van der Waals surface area contributed by atoms with E-state index in [0.717, 1.165) is 20.3 Å². The van der Waals surface area contributed by atoms with Crippen molar-refractivity contribution in [1.29, 1.82) is 0 Å². The van der Waals surface area contributed by atoms with Crippen LogP contribution in [0.2, 0.25) is 0 Å². The lowest BCUT2D eigenvalue weighted by atomic mass is 10.1. The van der Waals surface area contributed by atoms with Gasteiger partial charge in [0, 0.05) is 11.8 Å². The fourth-order valence-electron chi connectivity index (χ4n) is 3.08. The number of halogens is 2. The fraction of sp³-hybridized carbons (Fsp3) is 0.0870. The van der Waals surface area contributed by atoms with Gasteiger partial charge in [-0.05, 0) is 29.3 Å². The fourth-order valence-corrected chi connectivity index (χ4v) is 7.34. The van der Waals surface area contributed by atoms with Crippen LogP contribution in [0.15, 0.2) is 88.1 Å². The Kier molecular flexibility index (Phi) is 6.62. The van der Waals surface area contributed by atoms with Crippen LogP contribution in [-0.4, -0.2) is 19.7 Å². The van der Waals surface area contributed by atoms with Gasteiger partial charge in [-0.15, -0.1) is 11.3 Å². The molecule has 0 amide bonds. The highest BCUT2D eigenvalue weighted by Gasteiger charge is 2.23. The van der Waals surface area contributed by atoms with Crippen LogP contribution in [0.25, 0.3) is 21.7 Å². The van der Waals surface area contributed by atoms with Crippen molar-refractivity contribution in [2.24, 2.45) is 0 Å². The molecule has 4 rings (SSSR count). The maximum Gasteiger partial charge on any atom is 0.176 e. The van der Waals surface area contributed by atoms with Crippen LogP contribution in [0.3, 0.4) is 0 Å². The molecular weight excluding hydrogens is 517 g/mol. The van der Waals surface area contributed by atoms with Crippen LogP contribution in [0.5, 0.6) is 0 Å². The number of nitrogens with zero attached hydrogens (tertiary/aromatic N) is 1. The van der Waals surface area contributed by atoms with Crippen molar-refractivity contribution in [1.82, 2.24) is 4.98 Å². The standard InChI is InChI=1S/C23H17BrFNO2S3/c1-31(27,28)19-10-6-5-9-18(19)20-21(15-11-13-17(25)14-12-15)29-23(26-20)30-22(24)16-7-3-2-4-8-16/h2-14,22H,1H3. The predicted molar refractivity (Wildman–Crippen MR) is 130 cm³/mol. The largest absolute Gasteiger partial charge is 0.229 e. The van der Waals surface area contributed by atoms with Crippen molar-refractivity contribution in [3.05, 3.63) is 90.2 Å². The number of hydrogen-bond donors (Lipinski definition) is 0. The third-order valence-electron chi connectivity index (χ3n) is 4.52. The van der Waals surface area contributed by atoms with E-state index < -0.39 is 9.84 Å². The maximum atomic E-state index is 13.5. The van der Waals surface area contributed by atoms with Gasteiger partial charge >= 0.3 is 0 Å². The third kappa shape index (κ3) is 5.09. The van der Waals surface area contributed by atoms with E-state index >= 15 is 0 Å². The summed E-state index contributed by atoms with van der Waals surface area (Å²) >= 11 is 6.71. The minimum Gasteiger partial charge on any atom is -0.229 e. The highest BCUT2D eigenvalue weighted by atomic mass is 79.9. The van der Waals surface area contributed by atoms with Crippen molar-refractivity contribution in [3.8, 4) is 21.7 Å². The summed E-state index contributed by atoms with van der Waals surface area (Å²) in [6, 6.07) is 23.0. The van der Waals surface area contributed by atoms with Crippen LogP contribution in [-0.2, 0) is 9.84 Å². The average Bonchev–Trinajstić information content (AvgIpc) is 3.18. The van der Waals surface area contributed by atoms with Crippen LogP contribution in [0.1, 0.15) is 9.72 Å². The Morgan fingerprint density at radius 2 is 1.61 bits per heavy atom. The van der Waals surface area contributed by atoms with Crippen LogP contribution < -0.4 is 0 Å². The molecule has 4 aromatic rings. The van der Waals surface area contributed by atoms with Gasteiger partial charge in [-0.25, -0.2) is 17.8 Å². The summed E-state index contributed by atoms with van der Waals surface area (Å²) in [6.45, 7) is 0. The molecule has 0 spiro atoms. The molecule has 1 heterocycles. The Morgan fingerprint density at radius 3 is 2.29 bits per heavy atom. The molecule has 0 aliphatic rings. The van der Waals surface area contributed by atoms with Gasteiger partial charge < -0.3 is 0 Å². The zero-order valence-electron chi connectivity index (χ0n) is 16.3. The summed E-state index contributed by atoms with van der Waals surface area (Å²) in [5.74, 6) is -0.328. The number of benzene rings is 3. The van der Waals surface area contributed by atoms with Gasteiger partial charge in [0.25, 0.3) is 0 Å². The lowest BCUT2D eigenvalue weighted by Crippen LogP contribution is -2.00. The third-order valence-corrected chi connectivity index (χ3v) is 8.98. The summed E-state index contributed by atoms with van der Waals surface area (Å²) in [6.07, 6.45) is 1.19. The molecule has 0 radical (unpaired) electrons. The van der Waals surface area contributed by atoms with E-state index in [-0.39, 0.29) is 14.9 Å². The average molecular weight is 534 g/mol. The number of sulfone groups is 1. The van der Waals surface area contributed by atoms with E-state index in [1.807, 2.05) is 30.3 Å². The lowest BCUT2D eigenvalue weighted by Gasteiger charge is -2.08. The summed E-state index contributed by atoms with van der Waals surface area (Å²) in [5.41, 5.74) is 3.00. The first-order chi connectivity index (χ1) is 14.8. The Bertz CT molecular complexity index is 1310. The van der Waals surface area contributed by atoms with Gasteiger partial charge in [0.2, 0.25) is 0 Å². The summed E-state index contributed by atoms with van der Waals surface area (Å²) in [5, 5.41) is 0. The normalized spacial score (nSPS) is 12.6. The van der Waals surface area contributed by atoms with Gasteiger partial charge in [-0.2, -0.15) is 0 Å². The number of aromatic nitrogens is 1. The molecule has 0 aliphatic heterocycles. The van der Waals surface area contributed by atoms with Gasteiger partial charge in [-0.3, -0.25) is 0 Å². The predicted octanol–water partition coefficient (Wildman–Crippen LogP) is 7.21. The van der Waals surface area contributed by atoms with Gasteiger partial charge in [-0.1, -0.05) is 88.4 Å². The molecule has 3 nitrogen and oxygen atoms in total. The van der Waals surface area contributed by atoms with Crippen molar-refractivity contribution < 1.29 is 12.8 Å². The van der Waals surface area contributed by atoms with Crippen molar-refractivity contribution in [2.45, 2.75) is 13.4 Å². The van der Waals surface area contributed by atoms with Crippen molar-refractivity contribution in [3.63, 3.8) is 0 Å². The number of alkyl halides is 1. The topological polar surface area (TPSA) is 47.0 Å². The van der Waals surface area contributed by atoms with E-state index in [1.165, 1.54) is 41.5 Å². The zero-order valence-corrected chi connectivity index (χ0v) is 20.4. The van der Waals surface area contributed by atoms with Crippen molar-refractivity contribution in [2.75, 3.05) is 6.26 Å². The molecule has 0 bridgehead atoms. The molecule has 3 aromatic carbocycles. The molecule has 0 saturated heterocycles. The highest BCUT2D eigenvalue weighted by Crippen LogP contribution is 2.47. The van der Waals surface area contributed by atoms with Gasteiger partial charge in [0.1, 0.15) is 5.82 Å². The second kappa shape index (κ2) is 9.24. The molecule has 0 saturated carbocycles. The van der Waals surface area contributed by atoms with E-state index in [0.29, 0.717) is 11.3 Å². The highest BCUT2D eigenvalue weighted by molar-refractivity contribution is 9.11. The van der Waals surface area contributed by atoms with E-state index in [1.54, 1.807) is 36.4 Å². The SMILES string of the molecule is CS(=O)(=O)c1ccccc1-c1nc(SC(Br)c2ccccc2)sc1-c1ccc(F)cc1. The first kappa shape index (κ1) is 22.2. The molecule has 8 heteroatoms. The monoisotopic (exact) mass is 533 g/mol. The molecule has 0 aliphatic carbocycles. The maximum absolute atomic E-state index is 13.5. The zero-order chi connectivity index (χ0) is 22.0. The minimum absolute atomic E-state index is 0.0149. The Balaban J connectivity index is 1.83. The quantitative estimate of drug-likeness (QED) is 0.194. The van der Waals surface area contributed by atoms with Crippen LogP contribution in [0, 0.1) is 5.82 Å². The van der Waals surface area contributed by atoms with Crippen LogP contribution in [0.4, 0.5) is 4.39 Å². The molecule has 1 atom stereocenters. The van der Waals surface area contributed by atoms with Crippen LogP contribution >= 0.6 is 39.0 Å². The minimum atomic E-state index is -3.46. The van der Waals surface area contributed by atoms with Gasteiger partial charge in [0.15, 0.2) is 14.2 Å². The Morgan fingerprint density at radius 1 is 0.968 bits per heavy atom. The Hall–Kier alpha value is -2.00. The molecule has 1 unspecified atom stereocenters. The second-order valence-electron chi connectivity index (χ2n) is 6.78. The first-order valence-electron chi connectivity index (χ1n) is 9.25. The number of rotatable bonds is 6. The number of thioether (sulfide) groups is 1. The smallest absolute Gasteiger partial charge is 0.176 e. The van der Waals surface area contributed by atoms with Crippen molar-refractivity contribution >= 4 is 48.9 Å². The molecule has 1 aromatic heterocycles. The van der Waals surface area contributed by atoms with E-state index in [9.17, 15) is 12.8 Å². The second-order valence-corrected chi connectivity index (χ2v) is 12.6. The lowest BCUT2D eigenvalue weighted by molar-refractivity contribution is 0.602. The van der Waals surface area contributed by atoms with E-state index in [2.05, 4.69) is 15.9 Å². The molecular formula is C23H17BrFNO2S3. The van der Waals surface area contributed by atoms with Gasteiger partial charge in [0.05, 0.1) is 19.6 Å². The molecule has 0 N–H and O–H groups in total. The first-order valence-corrected chi connectivity index (χ1v) is 13.7. The molecule has 158 valence electrons. The molecule has 31 heavy (non-hydrogen) atoms. The summed E-state index contributed by atoms with van der Waals surface area (Å²) < 4.78 is 39.1. The number of hydrogen-bond acceptors (Lipinski definition) is 5. The van der Waals surface area contributed by atoms with E-state index in [4.69, 9.17) is 4.98 Å². The summed E-state index contributed by atoms with van der Waals surface area (Å²) in [7, 11) is -3.46. The number of thiazole rings is 1. The summed E-state index contributed by atoms with van der Waals surface area (Å²) in [4.78, 5) is 5.83.